The molecule has 0 spiro atoms. The lowest BCUT2D eigenvalue weighted by Gasteiger charge is -2.02. The van der Waals surface area contributed by atoms with Crippen LogP contribution in [0.5, 0.6) is 0 Å². The maximum atomic E-state index is 11.7. The van der Waals surface area contributed by atoms with Crippen LogP contribution >= 0.6 is 0 Å². The van der Waals surface area contributed by atoms with Crippen LogP contribution in [-0.2, 0) is 0 Å². The maximum Gasteiger partial charge on any atom is 0.261 e. The van der Waals surface area contributed by atoms with E-state index < -0.39 is 11.8 Å². The van der Waals surface area contributed by atoms with Gasteiger partial charge < -0.3 is 0 Å². The molecule has 0 radical (unpaired) electrons. The number of hydrogen-bond acceptors (Lipinski definition) is 4. The molecule has 5 heteroatoms. The second-order valence-corrected chi connectivity index (χ2v) is 4.14. The van der Waals surface area contributed by atoms with Gasteiger partial charge in [0.25, 0.3) is 11.8 Å². The van der Waals surface area contributed by atoms with Gasteiger partial charge in [-0.3, -0.25) is 24.1 Å². The highest BCUT2D eigenvalue weighted by Gasteiger charge is 2.37. The van der Waals surface area contributed by atoms with Gasteiger partial charge >= 0.3 is 0 Å². The Morgan fingerprint density at radius 1 is 0.824 bits per heavy atom. The molecule has 1 aliphatic heterocycles. The Bertz CT molecular complexity index is 577. The number of rotatable bonds is 0. The van der Waals surface area contributed by atoms with Crippen molar-refractivity contribution in [3.8, 4) is 0 Å². The van der Waals surface area contributed by atoms with Crippen LogP contribution in [0, 0.1) is 0 Å². The summed E-state index contributed by atoms with van der Waals surface area (Å²) in [5.74, 6) is -1.44. The zero-order valence-corrected chi connectivity index (χ0v) is 8.94. The lowest BCUT2D eigenvalue weighted by molar-refractivity contribution is 0.0692. The van der Waals surface area contributed by atoms with Gasteiger partial charge in [0.15, 0.2) is 11.6 Å². The zero-order chi connectivity index (χ0) is 12.3. The Morgan fingerprint density at radius 3 is 1.65 bits per heavy atom. The number of carbonyl (C=O) groups excluding carboxylic acids is 4. The number of benzene rings is 1. The van der Waals surface area contributed by atoms with Gasteiger partial charge in [0.05, 0.1) is 17.5 Å². The van der Waals surface area contributed by atoms with Gasteiger partial charge in [-0.15, -0.1) is 0 Å². The second-order valence-electron chi connectivity index (χ2n) is 4.14. The summed E-state index contributed by atoms with van der Waals surface area (Å²) in [7, 11) is 1.37. The number of ketones is 2. The Balaban J connectivity index is 2.31. The lowest BCUT2D eigenvalue weighted by Crippen LogP contribution is -2.24. The van der Waals surface area contributed by atoms with Crippen LogP contribution in [0.3, 0.4) is 0 Å². The van der Waals surface area contributed by atoms with E-state index in [4.69, 9.17) is 0 Å². The summed E-state index contributed by atoms with van der Waals surface area (Å²) in [5.41, 5.74) is 0.925. The fraction of sp³-hybridized carbons (Fsp3) is 0.167. The van der Waals surface area contributed by atoms with Crippen molar-refractivity contribution in [1.29, 1.82) is 0 Å². The predicted octanol–water partition coefficient (Wildman–Crippen LogP) is 0.682. The largest absolute Gasteiger partial charge is 0.294 e. The summed E-state index contributed by atoms with van der Waals surface area (Å²) in [5, 5.41) is 0. The van der Waals surface area contributed by atoms with E-state index in [9.17, 15) is 19.2 Å². The molecule has 0 saturated heterocycles. The molecule has 1 aromatic carbocycles. The van der Waals surface area contributed by atoms with E-state index in [1.165, 1.54) is 19.2 Å². The molecule has 5 nitrogen and oxygen atoms in total. The van der Waals surface area contributed by atoms with Crippen LogP contribution in [0.15, 0.2) is 12.1 Å². The fourth-order valence-corrected chi connectivity index (χ4v) is 2.20. The Hall–Kier alpha value is -2.30. The predicted molar refractivity (Wildman–Crippen MR) is 56.1 cm³/mol. The Morgan fingerprint density at radius 2 is 1.24 bits per heavy atom. The Labute approximate surface area is 96.0 Å². The van der Waals surface area contributed by atoms with Crippen LogP contribution in [0.25, 0.3) is 0 Å². The van der Waals surface area contributed by atoms with Gasteiger partial charge in [0, 0.05) is 18.2 Å². The zero-order valence-electron chi connectivity index (χ0n) is 8.94. The van der Waals surface area contributed by atoms with E-state index in [1.807, 2.05) is 0 Å². The third-order valence-corrected chi connectivity index (χ3v) is 3.15. The number of imide groups is 1. The van der Waals surface area contributed by atoms with Crippen LogP contribution in [0.1, 0.15) is 47.9 Å². The summed E-state index contributed by atoms with van der Waals surface area (Å²) >= 11 is 0. The van der Waals surface area contributed by atoms with Crippen LogP contribution in [-0.4, -0.2) is 35.3 Å². The highest BCUT2D eigenvalue weighted by Crippen LogP contribution is 2.30. The lowest BCUT2D eigenvalue weighted by atomic mass is 10.0. The molecular formula is C12H7NO4. The van der Waals surface area contributed by atoms with Crippen LogP contribution < -0.4 is 0 Å². The molecule has 1 heterocycles. The molecular weight excluding hydrogens is 222 g/mol. The highest BCUT2D eigenvalue weighted by atomic mass is 16.2. The summed E-state index contributed by atoms with van der Waals surface area (Å²) in [6, 6.07) is 2.73. The quantitative estimate of drug-likeness (QED) is 0.484. The van der Waals surface area contributed by atoms with Gasteiger partial charge in [-0.25, -0.2) is 0 Å². The fourth-order valence-electron chi connectivity index (χ4n) is 2.20. The summed E-state index contributed by atoms with van der Waals surface area (Å²) in [4.78, 5) is 47.4. The van der Waals surface area contributed by atoms with E-state index in [0.717, 1.165) is 4.90 Å². The molecule has 0 unspecified atom stereocenters. The minimum Gasteiger partial charge on any atom is -0.294 e. The SMILES string of the molecule is CN1C(=O)c2cc3c(cc2C1=O)C(=O)CC3=O. The number of hydrogen-bond donors (Lipinski definition) is 0. The first kappa shape index (κ1) is 9.89. The van der Waals surface area contributed by atoms with Crippen molar-refractivity contribution in [1.82, 2.24) is 4.90 Å². The van der Waals surface area contributed by atoms with Crippen molar-refractivity contribution in [3.63, 3.8) is 0 Å². The molecule has 3 rings (SSSR count). The number of fused-ring (bicyclic) bond motifs is 2. The molecule has 0 bridgehead atoms. The Kier molecular flexibility index (Phi) is 1.68. The average molecular weight is 229 g/mol. The van der Waals surface area contributed by atoms with Gasteiger partial charge in [0.2, 0.25) is 0 Å². The van der Waals surface area contributed by atoms with Crippen LogP contribution in [0.2, 0.25) is 0 Å². The van der Waals surface area contributed by atoms with Gasteiger partial charge in [-0.05, 0) is 12.1 Å². The van der Waals surface area contributed by atoms with E-state index in [2.05, 4.69) is 0 Å². The highest BCUT2D eigenvalue weighted by molar-refractivity contribution is 6.28. The average Bonchev–Trinajstić information content (AvgIpc) is 2.70. The van der Waals surface area contributed by atoms with Crippen molar-refractivity contribution >= 4 is 23.4 Å². The molecule has 0 atom stereocenters. The van der Waals surface area contributed by atoms with E-state index in [0.29, 0.717) is 0 Å². The van der Waals surface area contributed by atoms with Crippen molar-refractivity contribution in [2.45, 2.75) is 6.42 Å². The molecule has 0 aromatic heterocycles. The number of amides is 2. The van der Waals surface area contributed by atoms with Gasteiger partial charge in [0.1, 0.15) is 0 Å². The normalized spacial score (nSPS) is 17.8. The molecule has 0 fully saturated rings. The van der Waals surface area contributed by atoms with Gasteiger partial charge in [-0.1, -0.05) is 0 Å². The van der Waals surface area contributed by atoms with E-state index >= 15 is 0 Å². The molecule has 1 aromatic rings. The minimum absolute atomic E-state index is 0.170. The molecule has 17 heavy (non-hydrogen) atoms. The monoisotopic (exact) mass is 229 g/mol. The topological polar surface area (TPSA) is 71.5 Å². The van der Waals surface area contributed by atoms with Crippen LogP contribution in [0.4, 0.5) is 0 Å². The first-order chi connectivity index (χ1) is 8.00. The van der Waals surface area contributed by atoms with Crippen molar-refractivity contribution < 1.29 is 19.2 Å². The molecule has 2 aliphatic rings. The van der Waals surface area contributed by atoms with Crippen molar-refractivity contribution in [2.24, 2.45) is 0 Å². The molecule has 0 saturated carbocycles. The molecule has 2 amide bonds. The molecule has 0 N–H and O–H groups in total. The maximum absolute atomic E-state index is 11.7. The third-order valence-electron chi connectivity index (χ3n) is 3.15. The summed E-state index contributed by atoms with van der Waals surface area (Å²) < 4.78 is 0. The number of nitrogens with zero attached hydrogens (tertiary/aromatic N) is 1. The smallest absolute Gasteiger partial charge is 0.261 e. The second kappa shape index (κ2) is 2.88. The van der Waals surface area contributed by atoms with E-state index in [1.54, 1.807) is 0 Å². The molecule has 1 aliphatic carbocycles. The van der Waals surface area contributed by atoms with E-state index in [-0.39, 0.29) is 40.2 Å². The molecule has 84 valence electrons. The third kappa shape index (κ3) is 1.08. The summed E-state index contributed by atoms with van der Waals surface area (Å²) in [6.07, 6.45) is -0.170. The first-order valence-electron chi connectivity index (χ1n) is 5.07. The van der Waals surface area contributed by atoms with Gasteiger partial charge in [-0.2, -0.15) is 0 Å². The summed E-state index contributed by atoms with van der Waals surface area (Å²) in [6.45, 7) is 0. The van der Waals surface area contributed by atoms with Crippen molar-refractivity contribution in [2.75, 3.05) is 7.05 Å². The standard InChI is InChI=1S/C12H7NO4/c1-13-11(16)7-2-5-6(3-8(7)12(13)17)10(15)4-9(5)14/h2-3H,4H2,1H3. The van der Waals surface area contributed by atoms with Crippen molar-refractivity contribution in [3.05, 3.63) is 34.4 Å². The number of Topliss-reactive ketones (excluding diaryl/α,β-unsaturated/α-hetero) is 2. The minimum atomic E-state index is -0.431. The first-order valence-corrected chi connectivity index (χ1v) is 5.07. The number of carbonyl (C=O) groups is 4.